The molecule has 1 aliphatic rings. The summed E-state index contributed by atoms with van der Waals surface area (Å²) in [4.78, 5) is 37.6. The molecule has 3 rings (SSSR count). The Morgan fingerprint density at radius 3 is 2.44 bits per heavy atom. The van der Waals surface area contributed by atoms with Crippen LogP contribution in [0.1, 0.15) is 55.1 Å². The van der Waals surface area contributed by atoms with Crippen molar-refractivity contribution in [2.75, 3.05) is 11.4 Å². The molecule has 1 fully saturated rings. The van der Waals surface area contributed by atoms with Crippen LogP contribution >= 0.6 is 11.6 Å². The van der Waals surface area contributed by atoms with E-state index in [1.807, 2.05) is 0 Å². The summed E-state index contributed by atoms with van der Waals surface area (Å²) in [6.07, 6.45) is 1.13. The Morgan fingerprint density at radius 1 is 1.25 bits per heavy atom. The van der Waals surface area contributed by atoms with Gasteiger partial charge in [-0.3, -0.25) is 19.8 Å². The summed E-state index contributed by atoms with van der Waals surface area (Å²) in [5.74, 6) is -1.44. The molecule has 1 aliphatic carbocycles. The van der Waals surface area contributed by atoms with Crippen molar-refractivity contribution in [2.45, 2.75) is 46.1 Å². The lowest BCUT2D eigenvalue weighted by Gasteiger charge is -2.28. The second kappa shape index (κ2) is 8.86. The van der Waals surface area contributed by atoms with Crippen LogP contribution < -0.4 is 4.90 Å². The summed E-state index contributed by atoms with van der Waals surface area (Å²) in [7, 11) is 0. The third kappa shape index (κ3) is 5.24. The van der Waals surface area contributed by atoms with Gasteiger partial charge in [-0.1, -0.05) is 11.6 Å². The van der Waals surface area contributed by atoms with Gasteiger partial charge in [0.25, 0.3) is 5.69 Å². The first-order chi connectivity index (χ1) is 14.9. The van der Waals surface area contributed by atoms with Crippen LogP contribution in [0.2, 0.25) is 5.02 Å². The van der Waals surface area contributed by atoms with Gasteiger partial charge in [0.15, 0.2) is 11.6 Å². The minimum Gasteiger partial charge on any atom is -0.443 e. The van der Waals surface area contributed by atoms with Crippen LogP contribution in [0.5, 0.6) is 0 Å². The van der Waals surface area contributed by atoms with E-state index in [4.69, 9.17) is 16.3 Å². The molecule has 0 unspecified atom stereocenters. The number of carbonyl (C=O) groups is 2. The van der Waals surface area contributed by atoms with E-state index in [0.29, 0.717) is 0 Å². The normalized spacial score (nSPS) is 13.6. The van der Waals surface area contributed by atoms with Crippen LogP contribution in [0.15, 0.2) is 30.3 Å². The molecular formula is C23H24ClFN2O5. The molecular weight excluding hydrogens is 439 g/mol. The minimum absolute atomic E-state index is 0.0528. The van der Waals surface area contributed by atoms with Crippen molar-refractivity contribution in [1.82, 2.24) is 0 Å². The Hall–Kier alpha value is -3.00. The highest BCUT2D eigenvalue weighted by Crippen LogP contribution is 2.36. The zero-order chi connectivity index (χ0) is 23.8. The molecule has 0 N–H and O–H groups in total. The van der Waals surface area contributed by atoms with Crippen LogP contribution in [-0.4, -0.2) is 28.9 Å². The third-order valence-corrected chi connectivity index (χ3v) is 5.31. The van der Waals surface area contributed by atoms with Gasteiger partial charge < -0.3 is 4.74 Å². The number of nitro benzene ring substituents is 1. The zero-order valence-corrected chi connectivity index (χ0v) is 19.0. The van der Waals surface area contributed by atoms with E-state index >= 15 is 4.39 Å². The number of rotatable bonds is 6. The van der Waals surface area contributed by atoms with Gasteiger partial charge in [-0.15, -0.1) is 0 Å². The first-order valence-electron chi connectivity index (χ1n) is 10.2. The zero-order valence-electron chi connectivity index (χ0n) is 18.3. The number of anilines is 1. The quantitative estimate of drug-likeness (QED) is 0.295. The van der Waals surface area contributed by atoms with E-state index < -0.39 is 33.8 Å². The third-order valence-electron chi connectivity index (χ3n) is 5.00. The van der Waals surface area contributed by atoms with E-state index in [1.54, 1.807) is 20.8 Å². The van der Waals surface area contributed by atoms with E-state index in [1.165, 1.54) is 42.2 Å². The van der Waals surface area contributed by atoms with Gasteiger partial charge >= 0.3 is 6.09 Å². The topological polar surface area (TPSA) is 89.8 Å². The molecule has 0 spiro atoms. The first-order valence-corrected chi connectivity index (χ1v) is 10.5. The van der Waals surface area contributed by atoms with E-state index in [2.05, 4.69) is 0 Å². The summed E-state index contributed by atoms with van der Waals surface area (Å²) in [5, 5.41) is 10.9. The van der Waals surface area contributed by atoms with Gasteiger partial charge in [-0.25, -0.2) is 9.18 Å². The molecule has 2 aromatic rings. The van der Waals surface area contributed by atoms with Crippen molar-refractivity contribution >= 4 is 34.9 Å². The number of nitrogens with zero attached hydrogens (tertiary/aromatic N) is 2. The maximum absolute atomic E-state index is 15.6. The van der Waals surface area contributed by atoms with Crippen molar-refractivity contribution in [3.8, 4) is 0 Å². The summed E-state index contributed by atoms with van der Waals surface area (Å²) in [5.41, 5.74) is -1.12. The average Bonchev–Trinajstić information content (AvgIpc) is 3.49. The van der Waals surface area contributed by atoms with Crippen molar-refractivity contribution in [1.29, 1.82) is 0 Å². The molecule has 0 atom stereocenters. The number of ether oxygens (including phenoxy) is 1. The van der Waals surface area contributed by atoms with E-state index in [-0.39, 0.29) is 40.0 Å². The monoisotopic (exact) mass is 462 g/mol. The molecule has 9 heteroatoms. The fourth-order valence-corrected chi connectivity index (χ4v) is 3.48. The van der Waals surface area contributed by atoms with Crippen molar-refractivity contribution in [2.24, 2.45) is 5.92 Å². The van der Waals surface area contributed by atoms with E-state index in [0.717, 1.165) is 12.8 Å². The molecule has 32 heavy (non-hydrogen) atoms. The lowest BCUT2D eigenvalue weighted by Crippen LogP contribution is -2.38. The second-order valence-corrected chi connectivity index (χ2v) is 9.28. The summed E-state index contributed by atoms with van der Waals surface area (Å²) in [6, 6.07) is 6.47. The molecule has 0 aliphatic heterocycles. The van der Waals surface area contributed by atoms with Gasteiger partial charge in [-0.05, 0) is 70.7 Å². The molecule has 1 amide bonds. The Labute approximate surface area is 190 Å². The molecule has 0 saturated heterocycles. The lowest BCUT2D eigenvalue weighted by atomic mass is 9.99. The molecule has 170 valence electrons. The predicted molar refractivity (Wildman–Crippen MR) is 119 cm³/mol. The average molecular weight is 463 g/mol. The smallest absolute Gasteiger partial charge is 0.414 e. The molecule has 0 bridgehead atoms. The Bertz CT molecular complexity index is 1090. The minimum atomic E-state index is -0.940. The van der Waals surface area contributed by atoms with Gasteiger partial charge in [0.1, 0.15) is 5.60 Å². The van der Waals surface area contributed by atoms with Crippen molar-refractivity contribution < 1.29 is 23.6 Å². The fraction of sp³-hybridized carbons (Fsp3) is 0.391. The summed E-state index contributed by atoms with van der Waals surface area (Å²) >= 11 is 6.17. The number of benzene rings is 2. The number of halogens is 2. The van der Waals surface area contributed by atoms with Crippen LogP contribution in [-0.2, 0) is 4.74 Å². The van der Waals surface area contributed by atoms with Gasteiger partial charge in [0.05, 0.1) is 21.2 Å². The number of hydrogen-bond acceptors (Lipinski definition) is 5. The number of hydrogen-bond donors (Lipinski definition) is 0. The number of carbonyl (C=O) groups excluding carboxylic acids is 2. The van der Waals surface area contributed by atoms with Crippen molar-refractivity contribution in [3.63, 3.8) is 0 Å². The largest absolute Gasteiger partial charge is 0.443 e. The standard InChI is InChI=1S/C23H24ClFN2O5/c1-13-11-15(7-9-17(13)27(30)31)21(28)19-16(24)8-10-18(20(19)25)26(12-14-5-6-14)22(29)32-23(2,3)4/h7-11,14H,5-6,12H2,1-4H3. The number of nitro groups is 1. The number of ketones is 1. The van der Waals surface area contributed by atoms with Gasteiger partial charge in [0, 0.05) is 23.7 Å². The van der Waals surface area contributed by atoms with Crippen LogP contribution in [0.3, 0.4) is 0 Å². The highest BCUT2D eigenvalue weighted by atomic mass is 35.5. The SMILES string of the molecule is Cc1cc(C(=O)c2c(Cl)ccc(N(CC3CC3)C(=O)OC(C)(C)C)c2F)ccc1[N+](=O)[O-]. The Morgan fingerprint density at radius 2 is 1.91 bits per heavy atom. The molecule has 0 heterocycles. The highest BCUT2D eigenvalue weighted by Gasteiger charge is 2.33. The van der Waals surface area contributed by atoms with E-state index in [9.17, 15) is 19.7 Å². The predicted octanol–water partition coefficient (Wildman–Crippen LogP) is 6.08. The highest BCUT2D eigenvalue weighted by molar-refractivity contribution is 6.35. The second-order valence-electron chi connectivity index (χ2n) is 8.88. The van der Waals surface area contributed by atoms with Gasteiger partial charge in [0.2, 0.25) is 0 Å². The number of aryl methyl sites for hydroxylation is 1. The molecule has 7 nitrogen and oxygen atoms in total. The van der Waals surface area contributed by atoms with Crippen molar-refractivity contribution in [3.05, 3.63) is 68.0 Å². The Balaban J connectivity index is 2.03. The first kappa shape index (κ1) is 23.7. The molecule has 2 aromatic carbocycles. The van der Waals surface area contributed by atoms with Crippen LogP contribution in [0.4, 0.5) is 20.6 Å². The molecule has 0 aromatic heterocycles. The maximum Gasteiger partial charge on any atom is 0.414 e. The van der Waals surface area contributed by atoms with Crippen LogP contribution in [0.25, 0.3) is 0 Å². The number of amides is 1. The fourth-order valence-electron chi connectivity index (χ4n) is 3.25. The Kier molecular flexibility index (Phi) is 6.55. The van der Waals surface area contributed by atoms with Crippen LogP contribution in [0, 0.1) is 28.8 Å². The van der Waals surface area contributed by atoms with Gasteiger partial charge in [-0.2, -0.15) is 0 Å². The maximum atomic E-state index is 15.6. The molecule has 0 radical (unpaired) electrons. The summed E-state index contributed by atoms with van der Waals surface area (Å²) < 4.78 is 21.1. The lowest BCUT2D eigenvalue weighted by molar-refractivity contribution is -0.385. The summed E-state index contributed by atoms with van der Waals surface area (Å²) in [6.45, 7) is 6.89. The molecule has 1 saturated carbocycles.